The molecule has 7 heteroatoms. The van der Waals surface area contributed by atoms with E-state index in [-0.39, 0.29) is 19.4 Å². The zero-order valence-electron chi connectivity index (χ0n) is 18.8. The van der Waals surface area contributed by atoms with Crippen molar-refractivity contribution in [1.29, 1.82) is 0 Å². The van der Waals surface area contributed by atoms with Crippen molar-refractivity contribution >= 4 is 0 Å². The van der Waals surface area contributed by atoms with Crippen molar-refractivity contribution in [2.24, 2.45) is 0 Å². The van der Waals surface area contributed by atoms with Gasteiger partial charge in [0, 0.05) is 13.2 Å². The van der Waals surface area contributed by atoms with Gasteiger partial charge in [-0.2, -0.15) is 0 Å². The third kappa shape index (κ3) is 3.96. The Kier molecular flexibility index (Phi) is 8.92. The Morgan fingerprint density at radius 3 is 2.23 bits per heavy atom. The second-order valence-corrected chi connectivity index (χ2v) is 8.45. The highest BCUT2D eigenvalue weighted by atomic mass is 16.5. The molecule has 0 bridgehead atoms. The predicted molar refractivity (Wildman–Crippen MR) is 113 cm³/mol. The summed E-state index contributed by atoms with van der Waals surface area (Å²) in [5.41, 5.74) is -5.87. The van der Waals surface area contributed by atoms with E-state index in [1.54, 1.807) is 12.1 Å². The molecule has 4 N–H and O–H groups in total. The van der Waals surface area contributed by atoms with Gasteiger partial charge >= 0.3 is 0 Å². The Morgan fingerprint density at radius 1 is 1.00 bits per heavy atom. The van der Waals surface area contributed by atoms with Crippen LogP contribution in [0.5, 0.6) is 0 Å². The molecule has 1 aliphatic carbocycles. The average molecular weight is 429 g/mol. The van der Waals surface area contributed by atoms with Crippen LogP contribution in [-0.2, 0) is 9.47 Å². The van der Waals surface area contributed by atoms with Gasteiger partial charge in [0.2, 0.25) is 0 Å². The lowest BCUT2D eigenvalue weighted by atomic mass is 9.42. The van der Waals surface area contributed by atoms with E-state index in [1.807, 2.05) is 27.7 Å². The third-order valence-electron chi connectivity index (χ3n) is 6.35. The van der Waals surface area contributed by atoms with Gasteiger partial charge in [0.25, 0.3) is 0 Å². The summed E-state index contributed by atoms with van der Waals surface area (Å²) in [7, 11) is 0. The zero-order valence-corrected chi connectivity index (χ0v) is 18.8. The first-order chi connectivity index (χ1) is 14.3. The predicted octanol–water partition coefficient (Wildman–Crippen LogP) is 2.75. The lowest BCUT2D eigenvalue weighted by Crippen LogP contribution is -2.90. The summed E-state index contributed by atoms with van der Waals surface area (Å²) in [5.74, 6) is -0.762. The number of aliphatic hydroxyl groups is 4. The molecule has 2 rings (SSSR count). The van der Waals surface area contributed by atoms with E-state index in [1.165, 1.54) is 6.26 Å². The first-order valence-corrected chi connectivity index (χ1v) is 11.4. The molecule has 174 valence electrons. The van der Waals surface area contributed by atoms with Crippen LogP contribution in [-0.4, -0.2) is 69.3 Å². The van der Waals surface area contributed by atoms with Crippen LogP contribution in [0.3, 0.4) is 0 Å². The number of ether oxygens (including phenoxy) is 2. The quantitative estimate of drug-likeness (QED) is 0.337. The molecule has 1 aromatic rings. The maximum absolute atomic E-state index is 12.0. The summed E-state index contributed by atoms with van der Waals surface area (Å²) >= 11 is 0. The molecule has 0 amide bonds. The minimum absolute atomic E-state index is 0.0630. The lowest BCUT2D eigenvalue weighted by Gasteiger charge is -2.70. The Labute approximate surface area is 180 Å². The SMILES string of the molecule is CCCOC[C@@H](OCCC)[C@]1(O)C(c2ccco2)[C@](O)(C(O)CCC)[C@]1(O)CCC. The van der Waals surface area contributed by atoms with Crippen LogP contribution in [0.15, 0.2) is 22.8 Å². The minimum atomic E-state index is -1.99. The van der Waals surface area contributed by atoms with E-state index in [0.717, 1.165) is 12.8 Å². The fraction of sp³-hybridized carbons (Fsp3) is 0.826. The standard InChI is InChI=1S/C23H40O7/c1-5-10-18(24)22(26)20(17-11-9-15-29-17)23(27,21(22,25)12-6-2)19(30-14-8-4)16-28-13-7-3/h9,11,15,18-20,24-27H,5-8,10,12-14,16H2,1-4H3/t18?,19-,20?,21-,22-,23+/m1/s1. The molecule has 7 nitrogen and oxygen atoms in total. The molecule has 6 atom stereocenters. The number of aliphatic hydroxyl groups excluding tert-OH is 1. The largest absolute Gasteiger partial charge is 0.469 e. The first-order valence-electron chi connectivity index (χ1n) is 11.4. The maximum atomic E-state index is 12.0. The summed E-state index contributed by atoms with van der Waals surface area (Å²) in [6, 6.07) is 3.31. The van der Waals surface area contributed by atoms with E-state index in [4.69, 9.17) is 13.9 Å². The summed E-state index contributed by atoms with van der Waals surface area (Å²) < 4.78 is 17.3. The van der Waals surface area contributed by atoms with Gasteiger partial charge in [-0.15, -0.1) is 0 Å². The van der Waals surface area contributed by atoms with Gasteiger partial charge in [-0.1, -0.05) is 40.5 Å². The molecule has 1 saturated carbocycles. The highest BCUT2D eigenvalue weighted by Gasteiger charge is 2.84. The fourth-order valence-electron chi connectivity index (χ4n) is 5.02. The molecule has 1 aromatic heterocycles. The van der Waals surface area contributed by atoms with Gasteiger partial charge in [0.15, 0.2) is 0 Å². The normalized spacial score (nSPS) is 33.3. The fourth-order valence-corrected chi connectivity index (χ4v) is 5.02. The van der Waals surface area contributed by atoms with Crippen molar-refractivity contribution in [2.75, 3.05) is 19.8 Å². The molecule has 0 spiro atoms. The zero-order chi connectivity index (χ0) is 22.4. The lowest BCUT2D eigenvalue weighted by molar-refractivity contribution is -0.404. The van der Waals surface area contributed by atoms with Crippen molar-refractivity contribution in [3.05, 3.63) is 24.2 Å². The molecule has 0 radical (unpaired) electrons. The molecule has 0 aromatic carbocycles. The summed E-state index contributed by atoms with van der Waals surface area (Å²) in [4.78, 5) is 0. The molecule has 30 heavy (non-hydrogen) atoms. The van der Waals surface area contributed by atoms with Gasteiger partial charge in [0.1, 0.15) is 28.7 Å². The minimum Gasteiger partial charge on any atom is -0.469 e. The maximum Gasteiger partial charge on any atom is 0.137 e. The van der Waals surface area contributed by atoms with E-state index >= 15 is 0 Å². The van der Waals surface area contributed by atoms with Crippen molar-refractivity contribution in [3.8, 4) is 0 Å². The van der Waals surface area contributed by atoms with Crippen LogP contribution >= 0.6 is 0 Å². The highest BCUT2D eigenvalue weighted by molar-refractivity contribution is 5.41. The van der Waals surface area contributed by atoms with Gasteiger partial charge in [0.05, 0.1) is 24.9 Å². The van der Waals surface area contributed by atoms with E-state index < -0.39 is 34.9 Å². The highest BCUT2D eigenvalue weighted by Crippen LogP contribution is 2.65. The molecular weight excluding hydrogens is 388 g/mol. The third-order valence-corrected chi connectivity index (χ3v) is 6.35. The van der Waals surface area contributed by atoms with Crippen molar-refractivity contribution < 1.29 is 34.3 Å². The summed E-state index contributed by atoms with van der Waals surface area (Å²) in [6.07, 6.45) is 2.34. The molecule has 2 unspecified atom stereocenters. The van der Waals surface area contributed by atoms with Crippen LogP contribution < -0.4 is 0 Å². The molecule has 1 aliphatic rings. The number of hydrogen-bond donors (Lipinski definition) is 4. The number of hydrogen-bond acceptors (Lipinski definition) is 7. The summed E-state index contributed by atoms with van der Waals surface area (Å²) in [6.45, 7) is 8.61. The van der Waals surface area contributed by atoms with Crippen LogP contribution in [0.4, 0.5) is 0 Å². The van der Waals surface area contributed by atoms with Crippen molar-refractivity contribution in [2.45, 2.75) is 101 Å². The van der Waals surface area contributed by atoms with E-state index in [0.29, 0.717) is 31.8 Å². The Morgan fingerprint density at radius 2 is 1.70 bits per heavy atom. The second-order valence-electron chi connectivity index (χ2n) is 8.45. The van der Waals surface area contributed by atoms with E-state index in [9.17, 15) is 20.4 Å². The first kappa shape index (κ1) is 25.3. The van der Waals surface area contributed by atoms with Gasteiger partial charge in [-0.25, -0.2) is 0 Å². The number of rotatable bonds is 14. The monoisotopic (exact) mass is 428 g/mol. The molecule has 0 saturated heterocycles. The van der Waals surface area contributed by atoms with E-state index in [2.05, 4.69) is 0 Å². The van der Waals surface area contributed by atoms with Gasteiger partial charge < -0.3 is 34.3 Å². The molecular formula is C23H40O7. The Balaban J connectivity index is 2.57. The molecule has 0 aliphatic heterocycles. The summed E-state index contributed by atoms with van der Waals surface area (Å²) in [5, 5.41) is 46.5. The van der Waals surface area contributed by atoms with Gasteiger partial charge in [-0.3, -0.25) is 0 Å². The molecule has 1 heterocycles. The molecule has 1 fully saturated rings. The Bertz CT molecular complexity index is 621. The Hall–Kier alpha value is -0.960. The van der Waals surface area contributed by atoms with Crippen LogP contribution in [0.25, 0.3) is 0 Å². The van der Waals surface area contributed by atoms with Crippen molar-refractivity contribution in [1.82, 2.24) is 0 Å². The topological polar surface area (TPSA) is 113 Å². The number of furan rings is 1. The van der Waals surface area contributed by atoms with Gasteiger partial charge in [-0.05, 0) is 37.8 Å². The second kappa shape index (κ2) is 10.6. The smallest absolute Gasteiger partial charge is 0.137 e. The average Bonchev–Trinajstić information content (AvgIpc) is 3.24. The van der Waals surface area contributed by atoms with Crippen molar-refractivity contribution in [3.63, 3.8) is 0 Å². The van der Waals surface area contributed by atoms with Crippen LogP contribution in [0, 0.1) is 0 Å². The van der Waals surface area contributed by atoms with Crippen LogP contribution in [0.2, 0.25) is 0 Å². The van der Waals surface area contributed by atoms with Crippen LogP contribution in [0.1, 0.15) is 77.9 Å².